The number of hydrogen-bond acceptors (Lipinski definition) is 7. The van der Waals surface area contributed by atoms with Crippen molar-refractivity contribution in [1.29, 1.82) is 0 Å². The summed E-state index contributed by atoms with van der Waals surface area (Å²) in [4.78, 5) is 22.8. The van der Waals surface area contributed by atoms with Crippen LogP contribution in [-0.2, 0) is 29.0 Å². The zero-order chi connectivity index (χ0) is 36.3. The minimum atomic E-state index is -1.52. The number of nitrogens with zero attached hydrogens (tertiary/aromatic N) is 4. The van der Waals surface area contributed by atoms with Crippen molar-refractivity contribution in [1.82, 2.24) is 10.9 Å². The Morgan fingerprint density at radius 3 is 2.29 bits per heavy atom. The number of halogens is 2. The Kier molecular flexibility index (Phi) is 12.1. The Labute approximate surface area is 311 Å². The molecule has 12 heteroatoms. The Balaban J connectivity index is 1.41. The van der Waals surface area contributed by atoms with Crippen molar-refractivity contribution in [2.24, 2.45) is 10.1 Å². The Morgan fingerprint density at radius 1 is 0.885 bits per heavy atom. The van der Waals surface area contributed by atoms with E-state index in [-0.39, 0.29) is 32.0 Å². The second-order valence-corrected chi connectivity index (χ2v) is 13.0. The van der Waals surface area contributed by atoms with Crippen molar-refractivity contribution >= 4 is 35.0 Å². The summed E-state index contributed by atoms with van der Waals surface area (Å²) in [6.07, 6.45) is -0.225. The predicted octanol–water partition coefficient (Wildman–Crippen LogP) is 8.55. The SMILES string of the molecule is [N-]=[N+]=NCc1ccccc1C[C@]1(C(=O)NNCc2ccc(Cl)cc2Cl)N=C(c2ccc(OCCCO)cc2)O[C@H]1c1ccc(-c2ccccc2)cc1. The third-order valence-corrected chi connectivity index (χ3v) is 9.32. The number of ether oxygens (including phenoxy) is 2. The molecule has 5 aromatic rings. The summed E-state index contributed by atoms with van der Waals surface area (Å²) in [6, 6.07) is 37.9. The Bertz CT molecular complexity index is 2070. The molecule has 2 atom stereocenters. The molecule has 6 rings (SSSR count). The van der Waals surface area contributed by atoms with Crippen LogP contribution in [0.4, 0.5) is 0 Å². The molecule has 1 amide bonds. The maximum Gasteiger partial charge on any atom is 0.266 e. The van der Waals surface area contributed by atoms with Crippen LogP contribution in [0.15, 0.2) is 131 Å². The fourth-order valence-electron chi connectivity index (χ4n) is 6.04. The zero-order valence-corrected chi connectivity index (χ0v) is 29.6. The molecule has 0 unspecified atom stereocenters. The van der Waals surface area contributed by atoms with Gasteiger partial charge in [-0.25, -0.2) is 10.4 Å². The van der Waals surface area contributed by atoms with E-state index in [4.69, 9.17) is 48.3 Å². The molecule has 52 heavy (non-hydrogen) atoms. The van der Waals surface area contributed by atoms with E-state index in [9.17, 15) is 4.79 Å². The highest BCUT2D eigenvalue weighted by atomic mass is 35.5. The minimum Gasteiger partial charge on any atom is -0.494 e. The van der Waals surface area contributed by atoms with Gasteiger partial charge in [0.1, 0.15) is 5.75 Å². The van der Waals surface area contributed by atoms with Crippen LogP contribution in [0.3, 0.4) is 0 Å². The van der Waals surface area contributed by atoms with Crippen molar-refractivity contribution in [2.45, 2.75) is 37.6 Å². The van der Waals surface area contributed by atoms with Gasteiger partial charge in [0, 0.05) is 46.5 Å². The largest absolute Gasteiger partial charge is 0.494 e. The highest BCUT2D eigenvalue weighted by molar-refractivity contribution is 6.35. The lowest BCUT2D eigenvalue weighted by atomic mass is 9.80. The molecule has 0 radical (unpaired) electrons. The first-order valence-corrected chi connectivity index (χ1v) is 17.5. The lowest BCUT2D eigenvalue weighted by molar-refractivity contribution is -0.130. The number of aliphatic hydroxyl groups is 1. The number of hydrogen-bond donors (Lipinski definition) is 3. The Hall–Kier alpha value is -5.35. The molecule has 0 saturated carbocycles. The number of carbonyl (C=O) groups is 1. The van der Waals surface area contributed by atoms with E-state index in [1.807, 2.05) is 91.0 Å². The molecule has 3 N–H and O–H groups in total. The number of hydrazine groups is 1. The van der Waals surface area contributed by atoms with E-state index < -0.39 is 17.6 Å². The predicted molar refractivity (Wildman–Crippen MR) is 203 cm³/mol. The molecule has 1 aliphatic heterocycles. The van der Waals surface area contributed by atoms with E-state index in [0.717, 1.165) is 33.4 Å². The molecule has 5 aromatic carbocycles. The molecular formula is C40H36Cl2N6O4. The molecule has 1 heterocycles. The number of nitrogens with one attached hydrogen (secondary N) is 2. The van der Waals surface area contributed by atoms with E-state index in [1.165, 1.54) is 0 Å². The third kappa shape index (κ3) is 8.57. The number of aliphatic hydroxyl groups excluding tert-OH is 1. The lowest BCUT2D eigenvalue weighted by Gasteiger charge is -2.31. The average molecular weight is 736 g/mol. The third-order valence-electron chi connectivity index (χ3n) is 8.73. The maximum absolute atomic E-state index is 14.7. The fourth-order valence-corrected chi connectivity index (χ4v) is 6.51. The molecule has 1 aliphatic rings. The van der Waals surface area contributed by atoms with Gasteiger partial charge < -0.3 is 14.6 Å². The fraction of sp³-hybridized carbons (Fsp3) is 0.200. The molecule has 0 aromatic heterocycles. The lowest BCUT2D eigenvalue weighted by Crippen LogP contribution is -2.53. The maximum atomic E-state index is 14.7. The first-order chi connectivity index (χ1) is 25.4. The molecule has 0 spiro atoms. The normalized spacial score (nSPS) is 16.4. The van der Waals surface area contributed by atoms with Crippen molar-refractivity contribution in [3.63, 3.8) is 0 Å². The summed E-state index contributed by atoms with van der Waals surface area (Å²) in [7, 11) is 0. The number of benzene rings is 5. The number of carbonyl (C=O) groups excluding carboxylic acids is 1. The van der Waals surface area contributed by atoms with Crippen LogP contribution >= 0.6 is 23.2 Å². The van der Waals surface area contributed by atoms with Crippen LogP contribution in [0, 0.1) is 0 Å². The first-order valence-electron chi connectivity index (χ1n) is 16.7. The summed E-state index contributed by atoms with van der Waals surface area (Å²) >= 11 is 12.5. The van der Waals surface area contributed by atoms with Gasteiger partial charge in [-0.05, 0) is 75.3 Å². The smallest absolute Gasteiger partial charge is 0.266 e. The quantitative estimate of drug-likeness (QED) is 0.0325. The van der Waals surface area contributed by atoms with E-state index in [2.05, 4.69) is 20.9 Å². The van der Waals surface area contributed by atoms with Gasteiger partial charge in [-0.1, -0.05) is 113 Å². The standard InChI is InChI=1S/C40H36Cl2N6O4/c41-34-18-15-33(36(42)23-34)26-44-47-39(50)40(24-31-9-4-5-10-32(31)25-45-48-43)37(29-13-11-28(12-14-29)27-7-2-1-3-8-27)52-38(46-40)30-16-19-35(20-17-30)51-22-6-21-49/h1-5,7-20,23,37,44,49H,6,21-22,24-26H2,(H,47,50)/t37-,40-/m0/s1. The second kappa shape index (κ2) is 17.2. The average Bonchev–Trinajstić information content (AvgIpc) is 3.56. The highest BCUT2D eigenvalue weighted by Crippen LogP contribution is 2.43. The van der Waals surface area contributed by atoms with Gasteiger partial charge in [0.2, 0.25) is 5.90 Å². The summed E-state index contributed by atoms with van der Waals surface area (Å²) in [5.41, 5.74) is 19.3. The summed E-state index contributed by atoms with van der Waals surface area (Å²) in [6.45, 7) is 0.732. The molecule has 0 bridgehead atoms. The minimum absolute atomic E-state index is 0.0359. The molecule has 10 nitrogen and oxygen atoms in total. The van der Waals surface area contributed by atoms with Crippen LogP contribution in [0.25, 0.3) is 21.6 Å². The highest BCUT2D eigenvalue weighted by Gasteiger charge is 2.53. The van der Waals surface area contributed by atoms with Crippen molar-refractivity contribution in [3.05, 3.63) is 170 Å². The molecule has 264 valence electrons. The molecular weight excluding hydrogens is 699 g/mol. The van der Waals surface area contributed by atoms with Crippen LogP contribution in [0.2, 0.25) is 10.0 Å². The van der Waals surface area contributed by atoms with Crippen molar-refractivity contribution < 1.29 is 19.4 Å². The topological polar surface area (TPSA) is 141 Å². The summed E-state index contributed by atoms with van der Waals surface area (Å²) in [5, 5.41) is 13.9. The van der Waals surface area contributed by atoms with Gasteiger partial charge in [-0.2, -0.15) is 0 Å². The van der Waals surface area contributed by atoms with Crippen LogP contribution in [0.5, 0.6) is 5.75 Å². The van der Waals surface area contributed by atoms with Gasteiger partial charge in [-0.3, -0.25) is 10.2 Å². The van der Waals surface area contributed by atoms with Gasteiger partial charge in [0.15, 0.2) is 11.6 Å². The number of azide groups is 1. The van der Waals surface area contributed by atoms with Crippen LogP contribution in [-0.4, -0.2) is 35.7 Å². The molecule has 0 aliphatic carbocycles. The number of amides is 1. The molecule has 0 saturated heterocycles. The van der Waals surface area contributed by atoms with Gasteiger partial charge in [0.05, 0.1) is 13.2 Å². The van der Waals surface area contributed by atoms with Crippen LogP contribution < -0.4 is 15.6 Å². The zero-order valence-electron chi connectivity index (χ0n) is 28.1. The first kappa shape index (κ1) is 36.4. The van der Waals surface area contributed by atoms with E-state index >= 15 is 0 Å². The van der Waals surface area contributed by atoms with Crippen LogP contribution in [0.1, 0.15) is 40.3 Å². The van der Waals surface area contributed by atoms with Crippen molar-refractivity contribution in [2.75, 3.05) is 13.2 Å². The van der Waals surface area contributed by atoms with Crippen molar-refractivity contribution in [3.8, 4) is 16.9 Å². The number of aliphatic imine (C=N–C) groups is 1. The van der Waals surface area contributed by atoms with E-state index in [0.29, 0.717) is 34.4 Å². The second-order valence-electron chi connectivity index (χ2n) is 12.2. The van der Waals surface area contributed by atoms with Gasteiger partial charge in [0.25, 0.3) is 5.91 Å². The van der Waals surface area contributed by atoms with Gasteiger partial charge >= 0.3 is 0 Å². The summed E-state index contributed by atoms with van der Waals surface area (Å²) < 4.78 is 12.5. The Morgan fingerprint density at radius 2 is 1.58 bits per heavy atom. The summed E-state index contributed by atoms with van der Waals surface area (Å²) in [5.74, 6) is 0.472. The monoisotopic (exact) mass is 734 g/mol. The number of rotatable bonds is 15. The van der Waals surface area contributed by atoms with Gasteiger partial charge in [-0.15, -0.1) is 0 Å². The molecule has 0 fully saturated rings. The van der Waals surface area contributed by atoms with E-state index in [1.54, 1.807) is 30.3 Å².